The molecule has 3 heteroatoms. The minimum absolute atomic E-state index is 0.306. The molecule has 94 valence electrons. The molecule has 2 aromatic carbocycles. The fourth-order valence-corrected chi connectivity index (χ4v) is 1.99. The second-order valence-corrected chi connectivity index (χ2v) is 4.54. The first-order valence-corrected chi connectivity index (χ1v) is 5.95. The van der Waals surface area contributed by atoms with E-state index < -0.39 is 0 Å². The van der Waals surface area contributed by atoms with Crippen molar-refractivity contribution in [2.45, 2.75) is 13.1 Å². The van der Waals surface area contributed by atoms with E-state index in [2.05, 4.69) is 4.90 Å². The lowest BCUT2D eigenvalue weighted by molar-refractivity contribution is 0.319. The summed E-state index contributed by atoms with van der Waals surface area (Å²) in [4.78, 5) is 2.17. The maximum absolute atomic E-state index is 9.42. The van der Waals surface area contributed by atoms with Crippen LogP contribution in [0.1, 0.15) is 11.1 Å². The van der Waals surface area contributed by atoms with Crippen molar-refractivity contribution in [1.82, 2.24) is 4.90 Å². The zero-order valence-electron chi connectivity index (χ0n) is 10.5. The summed E-state index contributed by atoms with van der Waals surface area (Å²) >= 11 is 0. The molecule has 0 radical (unpaired) electrons. The van der Waals surface area contributed by atoms with Gasteiger partial charge in [-0.2, -0.15) is 0 Å². The van der Waals surface area contributed by atoms with Gasteiger partial charge in [-0.25, -0.2) is 0 Å². The van der Waals surface area contributed by atoms with Crippen LogP contribution in [0.4, 0.5) is 5.69 Å². The Morgan fingerprint density at radius 1 is 1.06 bits per heavy atom. The van der Waals surface area contributed by atoms with E-state index in [9.17, 15) is 5.11 Å². The standard InChI is InChI=1S/C15H18N2O/c1-17(10-12-5-4-7-14(18)9-12)11-13-6-2-3-8-15(13)16/h2-9,18H,10-11,16H2,1H3. The third-order valence-corrected chi connectivity index (χ3v) is 2.86. The SMILES string of the molecule is CN(Cc1cccc(O)c1)Cc1ccccc1N. The van der Waals surface area contributed by atoms with Gasteiger partial charge in [0.2, 0.25) is 0 Å². The van der Waals surface area contributed by atoms with Crippen LogP contribution in [0.25, 0.3) is 0 Å². The number of hydrogen-bond donors (Lipinski definition) is 2. The lowest BCUT2D eigenvalue weighted by Gasteiger charge is -2.18. The van der Waals surface area contributed by atoms with E-state index in [4.69, 9.17) is 5.73 Å². The number of anilines is 1. The van der Waals surface area contributed by atoms with Gasteiger partial charge in [-0.15, -0.1) is 0 Å². The van der Waals surface area contributed by atoms with Gasteiger partial charge >= 0.3 is 0 Å². The molecule has 0 atom stereocenters. The Morgan fingerprint density at radius 3 is 2.56 bits per heavy atom. The van der Waals surface area contributed by atoms with Crippen LogP contribution in [0.15, 0.2) is 48.5 Å². The van der Waals surface area contributed by atoms with Gasteiger partial charge in [0, 0.05) is 18.8 Å². The lowest BCUT2D eigenvalue weighted by atomic mass is 10.1. The highest BCUT2D eigenvalue weighted by molar-refractivity contribution is 5.46. The zero-order chi connectivity index (χ0) is 13.0. The van der Waals surface area contributed by atoms with E-state index in [1.165, 1.54) is 0 Å². The molecule has 18 heavy (non-hydrogen) atoms. The third-order valence-electron chi connectivity index (χ3n) is 2.86. The summed E-state index contributed by atoms with van der Waals surface area (Å²) < 4.78 is 0. The maximum atomic E-state index is 9.42. The highest BCUT2D eigenvalue weighted by atomic mass is 16.3. The summed E-state index contributed by atoms with van der Waals surface area (Å²) in [7, 11) is 2.04. The van der Waals surface area contributed by atoms with Crippen LogP contribution >= 0.6 is 0 Å². The van der Waals surface area contributed by atoms with Crippen molar-refractivity contribution in [2.75, 3.05) is 12.8 Å². The molecule has 2 rings (SSSR count). The molecule has 0 aliphatic heterocycles. The summed E-state index contributed by atoms with van der Waals surface area (Å²) in [6, 6.07) is 15.2. The van der Waals surface area contributed by atoms with Crippen LogP contribution in [0.5, 0.6) is 5.75 Å². The Labute approximate surface area is 107 Å². The van der Waals surface area contributed by atoms with E-state index in [0.29, 0.717) is 5.75 Å². The molecule has 0 aromatic heterocycles. The minimum atomic E-state index is 0.306. The first-order valence-electron chi connectivity index (χ1n) is 5.95. The number of phenols is 1. The van der Waals surface area contributed by atoms with Crippen molar-refractivity contribution in [3.05, 3.63) is 59.7 Å². The quantitative estimate of drug-likeness (QED) is 0.810. The monoisotopic (exact) mass is 242 g/mol. The largest absolute Gasteiger partial charge is 0.508 e. The van der Waals surface area contributed by atoms with E-state index in [0.717, 1.165) is 29.9 Å². The number of benzene rings is 2. The predicted octanol–water partition coefficient (Wildman–Crippen LogP) is 2.61. The number of nitrogen functional groups attached to an aromatic ring is 1. The molecule has 0 fully saturated rings. The fraction of sp³-hybridized carbons (Fsp3) is 0.200. The molecule has 0 saturated heterocycles. The molecule has 3 nitrogen and oxygen atoms in total. The highest BCUT2D eigenvalue weighted by Crippen LogP contribution is 2.16. The van der Waals surface area contributed by atoms with E-state index in [-0.39, 0.29) is 0 Å². The minimum Gasteiger partial charge on any atom is -0.508 e. The van der Waals surface area contributed by atoms with Gasteiger partial charge < -0.3 is 10.8 Å². The van der Waals surface area contributed by atoms with E-state index in [1.54, 1.807) is 12.1 Å². The number of nitrogens with two attached hydrogens (primary N) is 1. The molecular weight excluding hydrogens is 224 g/mol. The van der Waals surface area contributed by atoms with Crippen molar-refractivity contribution in [2.24, 2.45) is 0 Å². The van der Waals surface area contributed by atoms with Crippen molar-refractivity contribution >= 4 is 5.69 Å². The van der Waals surface area contributed by atoms with Crippen LogP contribution in [0.2, 0.25) is 0 Å². The first-order chi connectivity index (χ1) is 8.65. The predicted molar refractivity (Wildman–Crippen MR) is 74.1 cm³/mol. The van der Waals surface area contributed by atoms with Gasteiger partial charge in [0.15, 0.2) is 0 Å². The van der Waals surface area contributed by atoms with Gasteiger partial charge in [-0.3, -0.25) is 4.90 Å². The first kappa shape index (κ1) is 12.5. The zero-order valence-corrected chi connectivity index (χ0v) is 10.5. The van der Waals surface area contributed by atoms with E-state index >= 15 is 0 Å². The average Bonchev–Trinajstić information content (AvgIpc) is 2.32. The summed E-state index contributed by atoms with van der Waals surface area (Å²) in [5, 5.41) is 9.42. The topological polar surface area (TPSA) is 49.5 Å². The van der Waals surface area contributed by atoms with Crippen LogP contribution in [0.3, 0.4) is 0 Å². The maximum Gasteiger partial charge on any atom is 0.115 e. The van der Waals surface area contributed by atoms with Gasteiger partial charge in [-0.05, 0) is 36.4 Å². The van der Waals surface area contributed by atoms with Gasteiger partial charge in [0.05, 0.1) is 0 Å². The fourth-order valence-electron chi connectivity index (χ4n) is 1.99. The Morgan fingerprint density at radius 2 is 1.83 bits per heavy atom. The summed E-state index contributed by atoms with van der Waals surface area (Å²) in [6.45, 7) is 1.57. The second kappa shape index (κ2) is 5.56. The van der Waals surface area contributed by atoms with Crippen LogP contribution in [-0.4, -0.2) is 17.1 Å². The molecule has 3 N–H and O–H groups in total. The van der Waals surface area contributed by atoms with Gasteiger partial charge in [-0.1, -0.05) is 30.3 Å². The summed E-state index contributed by atoms with van der Waals surface area (Å²) in [6.07, 6.45) is 0. The normalized spacial score (nSPS) is 10.8. The molecule has 0 bridgehead atoms. The molecule has 0 amide bonds. The molecule has 0 aliphatic rings. The van der Waals surface area contributed by atoms with Crippen molar-refractivity contribution in [3.63, 3.8) is 0 Å². The Balaban J connectivity index is 2.01. The third kappa shape index (κ3) is 3.25. The molecule has 0 aliphatic carbocycles. The second-order valence-electron chi connectivity index (χ2n) is 4.54. The van der Waals surface area contributed by atoms with Crippen LogP contribution in [-0.2, 0) is 13.1 Å². The molecule has 0 heterocycles. The number of aromatic hydroxyl groups is 1. The highest BCUT2D eigenvalue weighted by Gasteiger charge is 2.04. The van der Waals surface area contributed by atoms with Gasteiger partial charge in [0.25, 0.3) is 0 Å². The molecule has 0 spiro atoms. The molecule has 0 saturated carbocycles. The Kier molecular flexibility index (Phi) is 3.85. The smallest absolute Gasteiger partial charge is 0.115 e. The number of phenolic OH excluding ortho intramolecular Hbond substituents is 1. The molecule has 2 aromatic rings. The number of rotatable bonds is 4. The van der Waals surface area contributed by atoms with Crippen LogP contribution < -0.4 is 5.73 Å². The van der Waals surface area contributed by atoms with Gasteiger partial charge in [0.1, 0.15) is 5.75 Å². The van der Waals surface area contributed by atoms with Crippen LogP contribution in [0, 0.1) is 0 Å². The molecule has 0 unspecified atom stereocenters. The summed E-state index contributed by atoms with van der Waals surface area (Å²) in [5.74, 6) is 0.306. The molecular formula is C15H18N2O. The average molecular weight is 242 g/mol. The van der Waals surface area contributed by atoms with Crippen molar-refractivity contribution in [3.8, 4) is 5.75 Å². The number of nitrogens with zero attached hydrogens (tertiary/aromatic N) is 1. The van der Waals surface area contributed by atoms with Crippen molar-refractivity contribution in [1.29, 1.82) is 0 Å². The Bertz CT molecular complexity index is 525. The lowest BCUT2D eigenvalue weighted by Crippen LogP contribution is -2.17. The number of hydrogen-bond acceptors (Lipinski definition) is 3. The summed E-state index contributed by atoms with van der Waals surface area (Å²) in [5.41, 5.74) is 8.95. The van der Waals surface area contributed by atoms with E-state index in [1.807, 2.05) is 43.4 Å². The Hall–Kier alpha value is -2.00. The van der Waals surface area contributed by atoms with Crippen molar-refractivity contribution < 1.29 is 5.11 Å². The number of para-hydroxylation sites is 1.